The van der Waals surface area contributed by atoms with Crippen LogP contribution in [0.5, 0.6) is 0 Å². The van der Waals surface area contributed by atoms with Gasteiger partial charge in [0.2, 0.25) is 0 Å². The van der Waals surface area contributed by atoms with Gasteiger partial charge in [0.1, 0.15) is 0 Å². The van der Waals surface area contributed by atoms with Crippen LogP contribution < -0.4 is 0 Å². The van der Waals surface area contributed by atoms with E-state index >= 15 is 0 Å². The molecule has 1 rings (SSSR count). The van der Waals surface area contributed by atoms with Gasteiger partial charge in [-0.3, -0.25) is 10.1 Å². The Kier molecular flexibility index (Phi) is 4.38. The fourth-order valence-electron chi connectivity index (χ4n) is 1.11. The molecule has 1 aromatic rings. The summed E-state index contributed by atoms with van der Waals surface area (Å²) in [6.45, 7) is 6.38. The first kappa shape index (κ1) is 13.5. The largest absolute Gasteiger partial charge is 0.283 e. The van der Waals surface area contributed by atoms with Gasteiger partial charge >= 0.3 is 0 Å². The highest BCUT2D eigenvalue weighted by Crippen LogP contribution is 2.34. The van der Waals surface area contributed by atoms with Gasteiger partial charge in [0.25, 0.3) is 5.69 Å². The van der Waals surface area contributed by atoms with Crippen LogP contribution in [0.15, 0.2) is 22.7 Å². The fourth-order valence-corrected chi connectivity index (χ4v) is 2.68. The lowest BCUT2D eigenvalue weighted by Crippen LogP contribution is -2.07. The number of hydrogen-bond acceptors (Lipinski definition) is 3. The Morgan fingerprint density at radius 1 is 1.44 bits per heavy atom. The van der Waals surface area contributed by atoms with Crippen LogP contribution in [0.1, 0.15) is 26.3 Å². The molecule has 16 heavy (non-hydrogen) atoms. The van der Waals surface area contributed by atoms with E-state index < -0.39 is 0 Å². The third kappa shape index (κ3) is 3.79. The van der Waals surface area contributed by atoms with Crippen molar-refractivity contribution in [1.82, 2.24) is 0 Å². The van der Waals surface area contributed by atoms with Crippen LogP contribution in [-0.2, 0) is 5.75 Å². The zero-order valence-electron chi connectivity index (χ0n) is 9.49. The molecular formula is C11H14BrNO2S. The molecule has 3 nitrogen and oxygen atoms in total. The molecule has 0 aliphatic rings. The van der Waals surface area contributed by atoms with Crippen molar-refractivity contribution >= 4 is 33.4 Å². The van der Waals surface area contributed by atoms with E-state index in [0.717, 1.165) is 11.3 Å². The summed E-state index contributed by atoms with van der Waals surface area (Å²) in [6.07, 6.45) is 0. The second kappa shape index (κ2) is 5.19. The number of nitro groups is 1. The zero-order valence-corrected chi connectivity index (χ0v) is 11.9. The molecular weight excluding hydrogens is 290 g/mol. The maximum Gasteiger partial charge on any atom is 0.283 e. The molecule has 5 heteroatoms. The molecule has 0 aromatic heterocycles. The summed E-state index contributed by atoms with van der Waals surface area (Å²) in [4.78, 5) is 10.4. The maximum absolute atomic E-state index is 10.7. The Morgan fingerprint density at radius 3 is 2.56 bits per heavy atom. The summed E-state index contributed by atoms with van der Waals surface area (Å²) in [5.41, 5.74) is 1.10. The summed E-state index contributed by atoms with van der Waals surface area (Å²) in [6, 6.07) is 5.15. The number of rotatable bonds is 3. The lowest BCUT2D eigenvalue weighted by molar-refractivity contribution is -0.385. The Bertz CT molecular complexity index is 401. The van der Waals surface area contributed by atoms with Gasteiger partial charge < -0.3 is 0 Å². The average molecular weight is 304 g/mol. The highest BCUT2D eigenvalue weighted by Gasteiger charge is 2.17. The number of nitro benzene ring substituents is 1. The summed E-state index contributed by atoms with van der Waals surface area (Å²) < 4.78 is 0.751. The smallest absolute Gasteiger partial charge is 0.258 e. The van der Waals surface area contributed by atoms with E-state index in [2.05, 4.69) is 36.7 Å². The molecule has 0 N–H and O–H groups in total. The standard InChI is InChI=1S/C11H14BrNO2S/c1-11(2,3)16-7-8-5-4-6-9(10(8)12)13(14)15/h4-6H,7H2,1-3H3. The molecule has 0 spiro atoms. The van der Waals surface area contributed by atoms with E-state index in [1.54, 1.807) is 17.8 Å². The number of hydrogen-bond donors (Lipinski definition) is 0. The molecule has 0 radical (unpaired) electrons. The first-order valence-corrected chi connectivity index (χ1v) is 6.65. The molecule has 0 saturated heterocycles. The van der Waals surface area contributed by atoms with Crippen LogP contribution in [0.3, 0.4) is 0 Å². The van der Waals surface area contributed by atoms with Crippen molar-refractivity contribution in [3.8, 4) is 0 Å². The van der Waals surface area contributed by atoms with Crippen LogP contribution in [0.2, 0.25) is 0 Å². The van der Waals surface area contributed by atoms with Crippen molar-refractivity contribution in [3.05, 3.63) is 38.3 Å². The van der Waals surface area contributed by atoms with Gasteiger partial charge in [0.15, 0.2) is 0 Å². The Balaban J connectivity index is 2.90. The van der Waals surface area contributed by atoms with Gasteiger partial charge in [-0.25, -0.2) is 0 Å². The number of nitrogens with zero attached hydrogens (tertiary/aromatic N) is 1. The topological polar surface area (TPSA) is 43.1 Å². The quantitative estimate of drug-likeness (QED) is 0.614. The van der Waals surface area contributed by atoms with Crippen LogP contribution in [0, 0.1) is 10.1 Å². The number of thioether (sulfide) groups is 1. The van der Waals surface area contributed by atoms with Gasteiger partial charge in [-0.05, 0) is 21.5 Å². The van der Waals surface area contributed by atoms with Crippen molar-refractivity contribution in [3.63, 3.8) is 0 Å². The third-order valence-corrected chi connectivity index (χ3v) is 4.15. The Hall–Kier alpha value is -0.550. The molecule has 0 amide bonds. The first-order chi connectivity index (χ1) is 7.31. The van der Waals surface area contributed by atoms with Crippen LogP contribution in [0.4, 0.5) is 5.69 Å². The number of benzene rings is 1. The summed E-state index contributed by atoms with van der Waals surface area (Å²) in [5, 5.41) is 10.7. The minimum absolute atomic E-state index is 0.131. The van der Waals surface area contributed by atoms with E-state index in [0.29, 0.717) is 4.47 Å². The van der Waals surface area contributed by atoms with Crippen molar-refractivity contribution < 1.29 is 4.92 Å². The minimum Gasteiger partial charge on any atom is -0.258 e. The second-order valence-corrected chi connectivity index (χ2v) is 7.00. The van der Waals surface area contributed by atoms with Crippen LogP contribution in [-0.4, -0.2) is 9.67 Å². The van der Waals surface area contributed by atoms with E-state index in [4.69, 9.17) is 0 Å². The van der Waals surface area contributed by atoms with E-state index in [9.17, 15) is 10.1 Å². The summed E-state index contributed by atoms with van der Waals surface area (Å²) in [5.74, 6) is 0.770. The second-order valence-electron chi connectivity index (χ2n) is 4.41. The number of halogens is 1. The highest BCUT2D eigenvalue weighted by molar-refractivity contribution is 9.10. The zero-order chi connectivity index (χ0) is 12.3. The predicted octanol–water partition coefficient (Wildman–Crippen LogP) is 4.39. The SMILES string of the molecule is CC(C)(C)SCc1cccc([N+](=O)[O-])c1Br. The molecule has 0 bridgehead atoms. The lowest BCUT2D eigenvalue weighted by atomic mass is 10.2. The average Bonchev–Trinajstić information content (AvgIpc) is 2.14. The molecule has 0 fully saturated rings. The van der Waals surface area contributed by atoms with Crippen LogP contribution >= 0.6 is 27.7 Å². The highest BCUT2D eigenvalue weighted by atomic mass is 79.9. The first-order valence-electron chi connectivity index (χ1n) is 4.87. The van der Waals surface area contributed by atoms with Crippen molar-refractivity contribution in [1.29, 1.82) is 0 Å². The third-order valence-electron chi connectivity index (χ3n) is 1.92. The van der Waals surface area contributed by atoms with Gasteiger partial charge in [-0.2, -0.15) is 11.8 Å². The maximum atomic E-state index is 10.7. The molecule has 0 aliphatic carbocycles. The predicted molar refractivity (Wildman–Crippen MR) is 71.8 cm³/mol. The summed E-state index contributed by atoms with van der Waals surface area (Å²) in [7, 11) is 0. The van der Waals surface area contributed by atoms with Crippen molar-refractivity contribution in [2.45, 2.75) is 31.3 Å². The van der Waals surface area contributed by atoms with Gasteiger partial charge in [-0.15, -0.1) is 0 Å². The molecule has 0 aliphatic heterocycles. The molecule has 88 valence electrons. The normalized spacial score (nSPS) is 11.5. The van der Waals surface area contributed by atoms with E-state index in [1.165, 1.54) is 6.07 Å². The van der Waals surface area contributed by atoms with E-state index in [-0.39, 0.29) is 15.4 Å². The van der Waals surface area contributed by atoms with E-state index in [1.807, 2.05) is 6.07 Å². The molecule has 0 atom stereocenters. The van der Waals surface area contributed by atoms with Gasteiger partial charge in [0, 0.05) is 16.6 Å². The molecule has 0 heterocycles. The summed E-state index contributed by atoms with van der Waals surface area (Å²) >= 11 is 5.06. The monoisotopic (exact) mass is 303 g/mol. The van der Waals surface area contributed by atoms with Crippen molar-refractivity contribution in [2.24, 2.45) is 0 Å². The molecule has 1 aromatic carbocycles. The Morgan fingerprint density at radius 2 is 2.06 bits per heavy atom. The van der Waals surface area contributed by atoms with Gasteiger partial charge in [0.05, 0.1) is 9.40 Å². The van der Waals surface area contributed by atoms with Crippen molar-refractivity contribution in [2.75, 3.05) is 0 Å². The fraction of sp³-hybridized carbons (Fsp3) is 0.455. The minimum atomic E-state index is -0.366. The van der Waals surface area contributed by atoms with Gasteiger partial charge in [-0.1, -0.05) is 32.9 Å². The Labute approximate surface area is 108 Å². The molecule has 0 unspecified atom stereocenters. The van der Waals surface area contributed by atoms with Crippen LogP contribution in [0.25, 0.3) is 0 Å². The lowest BCUT2D eigenvalue weighted by Gasteiger charge is -2.17. The molecule has 0 saturated carbocycles.